The lowest BCUT2D eigenvalue weighted by atomic mass is 10.1. The number of aryl methyl sites for hydroxylation is 1. The quantitative estimate of drug-likeness (QED) is 0.767. The summed E-state index contributed by atoms with van der Waals surface area (Å²) in [5.74, 6) is 1.10. The summed E-state index contributed by atoms with van der Waals surface area (Å²) in [5, 5.41) is 0. The van der Waals surface area contributed by atoms with Crippen LogP contribution in [-0.2, 0) is 17.6 Å². The Balaban J connectivity index is 2.22. The van der Waals surface area contributed by atoms with Gasteiger partial charge in [0.1, 0.15) is 12.1 Å². The highest BCUT2D eigenvalue weighted by atomic mass is 16.5. The highest BCUT2D eigenvalue weighted by Gasteiger charge is 2.18. The van der Waals surface area contributed by atoms with Gasteiger partial charge in [-0.15, -0.1) is 0 Å². The molecule has 0 aliphatic heterocycles. The molecule has 20 heavy (non-hydrogen) atoms. The molecule has 5 nitrogen and oxygen atoms in total. The molecule has 1 aliphatic carbocycles. The summed E-state index contributed by atoms with van der Waals surface area (Å²) in [6.45, 7) is 3.21. The van der Waals surface area contributed by atoms with Gasteiger partial charge >= 0.3 is 0 Å². The Hall–Kier alpha value is -1.20. The molecule has 0 aromatic carbocycles. The number of fused-ring (bicyclic) bond motifs is 1. The van der Waals surface area contributed by atoms with Gasteiger partial charge in [0.2, 0.25) is 0 Å². The van der Waals surface area contributed by atoms with Crippen molar-refractivity contribution in [2.75, 3.05) is 38.3 Å². The van der Waals surface area contributed by atoms with Crippen molar-refractivity contribution >= 4 is 5.82 Å². The zero-order valence-electron chi connectivity index (χ0n) is 12.5. The monoisotopic (exact) mass is 278 g/mol. The van der Waals surface area contributed by atoms with Crippen LogP contribution in [0, 0.1) is 0 Å². The second kappa shape index (κ2) is 8.17. The first kappa shape index (κ1) is 15.2. The fourth-order valence-corrected chi connectivity index (χ4v) is 2.76. The van der Waals surface area contributed by atoms with E-state index in [1.807, 2.05) is 0 Å². The summed E-state index contributed by atoms with van der Waals surface area (Å²) in [7, 11) is 1.74. The maximum atomic E-state index is 5.66. The van der Waals surface area contributed by atoms with Gasteiger partial charge in [-0.1, -0.05) is 6.42 Å². The molecule has 1 heterocycles. The van der Waals surface area contributed by atoms with Crippen molar-refractivity contribution < 1.29 is 4.74 Å². The maximum Gasteiger partial charge on any atom is 0.135 e. The zero-order chi connectivity index (χ0) is 14.2. The molecule has 1 aliphatic rings. The third kappa shape index (κ3) is 3.90. The second-order valence-electron chi connectivity index (χ2n) is 5.31. The van der Waals surface area contributed by atoms with Crippen molar-refractivity contribution in [1.82, 2.24) is 9.97 Å². The molecule has 0 amide bonds. The average molecular weight is 278 g/mol. The molecule has 0 bridgehead atoms. The van der Waals surface area contributed by atoms with E-state index in [9.17, 15) is 0 Å². The van der Waals surface area contributed by atoms with E-state index in [0.717, 1.165) is 38.2 Å². The fourth-order valence-electron chi connectivity index (χ4n) is 2.76. The van der Waals surface area contributed by atoms with E-state index in [4.69, 9.17) is 10.5 Å². The largest absolute Gasteiger partial charge is 0.383 e. The van der Waals surface area contributed by atoms with Gasteiger partial charge in [-0.2, -0.15) is 0 Å². The van der Waals surface area contributed by atoms with Gasteiger partial charge < -0.3 is 15.4 Å². The number of rotatable bonds is 7. The van der Waals surface area contributed by atoms with Crippen LogP contribution in [0.15, 0.2) is 6.33 Å². The number of anilines is 1. The van der Waals surface area contributed by atoms with Gasteiger partial charge in [0.25, 0.3) is 0 Å². The van der Waals surface area contributed by atoms with Crippen molar-refractivity contribution in [2.45, 2.75) is 38.5 Å². The van der Waals surface area contributed by atoms with Crippen LogP contribution in [0.5, 0.6) is 0 Å². The Morgan fingerprint density at radius 2 is 2.05 bits per heavy atom. The summed E-state index contributed by atoms with van der Waals surface area (Å²) in [4.78, 5) is 11.4. The molecule has 0 radical (unpaired) electrons. The molecule has 0 unspecified atom stereocenters. The van der Waals surface area contributed by atoms with Crippen molar-refractivity contribution in [2.24, 2.45) is 5.73 Å². The third-order valence-corrected chi connectivity index (χ3v) is 3.85. The Bertz CT molecular complexity index is 403. The lowest BCUT2D eigenvalue weighted by Gasteiger charge is -2.26. The lowest BCUT2D eigenvalue weighted by Crippen LogP contribution is -2.31. The highest BCUT2D eigenvalue weighted by Crippen LogP contribution is 2.26. The van der Waals surface area contributed by atoms with Crippen LogP contribution < -0.4 is 10.6 Å². The highest BCUT2D eigenvalue weighted by molar-refractivity contribution is 5.49. The number of ether oxygens (including phenoxy) is 1. The Kier molecular flexibility index (Phi) is 6.21. The SMILES string of the molecule is COCCN(CCCN)c1ncnc2c1CCCCC2. The maximum absolute atomic E-state index is 5.66. The molecule has 0 atom stereocenters. The molecule has 2 rings (SSSR count). The van der Waals surface area contributed by atoms with Gasteiger partial charge in [-0.25, -0.2) is 9.97 Å². The summed E-state index contributed by atoms with van der Waals surface area (Å²) >= 11 is 0. The van der Waals surface area contributed by atoms with Crippen LogP contribution in [0.1, 0.15) is 36.9 Å². The molecule has 1 aromatic heterocycles. The normalized spacial score (nSPS) is 14.7. The number of hydrogen-bond donors (Lipinski definition) is 1. The molecule has 2 N–H and O–H groups in total. The molecule has 0 saturated carbocycles. The minimum absolute atomic E-state index is 0.705. The van der Waals surface area contributed by atoms with Crippen LogP contribution in [0.2, 0.25) is 0 Å². The van der Waals surface area contributed by atoms with Crippen molar-refractivity contribution in [3.63, 3.8) is 0 Å². The molecule has 0 spiro atoms. The lowest BCUT2D eigenvalue weighted by molar-refractivity contribution is 0.205. The summed E-state index contributed by atoms with van der Waals surface area (Å²) in [6.07, 6.45) is 8.63. The van der Waals surface area contributed by atoms with Crippen molar-refractivity contribution in [3.8, 4) is 0 Å². The van der Waals surface area contributed by atoms with Crippen LogP contribution >= 0.6 is 0 Å². The van der Waals surface area contributed by atoms with E-state index in [1.54, 1.807) is 13.4 Å². The summed E-state index contributed by atoms with van der Waals surface area (Å²) in [5.41, 5.74) is 8.24. The van der Waals surface area contributed by atoms with Gasteiger partial charge in [-0.3, -0.25) is 0 Å². The van der Waals surface area contributed by atoms with Gasteiger partial charge in [0, 0.05) is 31.5 Å². The van der Waals surface area contributed by atoms with Gasteiger partial charge in [-0.05, 0) is 38.6 Å². The number of hydrogen-bond acceptors (Lipinski definition) is 5. The Morgan fingerprint density at radius 1 is 1.20 bits per heavy atom. The van der Waals surface area contributed by atoms with E-state index in [0.29, 0.717) is 13.2 Å². The predicted octanol–water partition coefficient (Wildman–Crippen LogP) is 1.55. The molecular formula is C15H26N4O. The Labute approximate surface area is 121 Å². The zero-order valence-corrected chi connectivity index (χ0v) is 12.5. The fraction of sp³-hybridized carbons (Fsp3) is 0.733. The van der Waals surface area contributed by atoms with Crippen molar-refractivity contribution in [3.05, 3.63) is 17.6 Å². The Morgan fingerprint density at radius 3 is 2.85 bits per heavy atom. The first-order chi connectivity index (χ1) is 9.86. The van der Waals surface area contributed by atoms with Gasteiger partial charge in [0.05, 0.1) is 6.61 Å². The molecule has 1 aromatic rings. The summed E-state index contributed by atoms with van der Waals surface area (Å²) < 4.78 is 5.23. The first-order valence-corrected chi connectivity index (χ1v) is 7.63. The van der Waals surface area contributed by atoms with Gasteiger partial charge in [0.15, 0.2) is 0 Å². The molecule has 0 fully saturated rings. The number of nitrogens with zero attached hydrogens (tertiary/aromatic N) is 3. The van der Waals surface area contributed by atoms with Crippen LogP contribution in [-0.4, -0.2) is 43.3 Å². The topological polar surface area (TPSA) is 64.3 Å². The number of methoxy groups -OCH3 is 1. The first-order valence-electron chi connectivity index (χ1n) is 7.63. The van der Waals surface area contributed by atoms with Crippen LogP contribution in [0.25, 0.3) is 0 Å². The molecule has 5 heteroatoms. The molecule has 112 valence electrons. The number of nitrogens with two attached hydrogens (primary N) is 1. The third-order valence-electron chi connectivity index (χ3n) is 3.85. The number of aromatic nitrogens is 2. The van der Waals surface area contributed by atoms with E-state index in [-0.39, 0.29) is 0 Å². The molecule has 0 saturated heterocycles. The van der Waals surface area contributed by atoms with Crippen molar-refractivity contribution in [1.29, 1.82) is 0 Å². The standard InChI is InChI=1S/C15H26N4O/c1-20-11-10-19(9-5-8-16)15-13-6-3-2-4-7-14(13)17-12-18-15/h12H,2-11,16H2,1H3. The van der Waals surface area contributed by atoms with E-state index in [2.05, 4.69) is 14.9 Å². The molecular weight excluding hydrogens is 252 g/mol. The summed E-state index contributed by atoms with van der Waals surface area (Å²) in [6, 6.07) is 0. The second-order valence-corrected chi connectivity index (χ2v) is 5.31. The van der Waals surface area contributed by atoms with E-state index < -0.39 is 0 Å². The predicted molar refractivity (Wildman–Crippen MR) is 81.1 cm³/mol. The average Bonchev–Trinajstić information content (AvgIpc) is 2.73. The smallest absolute Gasteiger partial charge is 0.135 e. The minimum atomic E-state index is 0.705. The van der Waals surface area contributed by atoms with E-state index in [1.165, 1.54) is 30.5 Å². The van der Waals surface area contributed by atoms with E-state index >= 15 is 0 Å². The minimum Gasteiger partial charge on any atom is -0.383 e. The van der Waals surface area contributed by atoms with Crippen LogP contribution in [0.4, 0.5) is 5.82 Å². The van der Waals surface area contributed by atoms with Crippen LogP contribution in [0.3, 0.4) is 0 Å².